The fourth-order valence-corrected chi connectivity index (χ4v) is 4.87. The molecule has 0 aliphatic carbocycles. The highest BCUT2D eigenvalue weighted by molar-refractivity contribution is 7.15. The topological polar surface area (TPSA) is 69.9 Å². The first-order valence-electron chi connectivity index (χ1n) is 10.0. The molecule has 1 fully saturated rings. The smallest absolute Gasteiger partial charge is 0.123 e. The predicted molar refractivity (Wildman–Crippen MR) is 115 cm³/mol. The second-order valence-corrected chi connectivity index (χ2v) is 8.94. The minimum Gasteiger partial charge on any atom is -0.394 e. The van der Waals surface area contributed by atoms with Crippen molar-refractivity contribution in [3.05, 3.63) is 82.0 Å². The number of hydrogen-bond acceptors (Lipinski definition) is 5. The number of ether oxygens (including phenoxy) is 1. The molecule has 6 heteroatoms. The summed E-state index contributed by atoms with van der Waals surface area (Å²) in [5.41, 5.74) is 4.24. The Balaban J connectivity index is 1.54. The zero-order chi connectivity index (χ0) is 21.3. The van der Waals surface area contributed by atoms with Crippen LogP contribution in [0.1, 0.15) is 34.1 Å². The molecule has 4 atom stereocenters. The summed E-state index contributed by atoms with van der Waals surface area (Å²) in [5, 5.41) is 29.5. The van der Waals surface area contributed by atoms with Crippen molar-refractivity contribution in [2.24, 2.45) is 0 Å². The SMILES string of the molecule is Cc1ccc([C@H]2CC(O)[C@H](O)[C@@H](CO)O2)cc1Cc1ccc(-c2ccc(F)cc2)s1. The average molecular weight is 429 g/mol. The minimum atomic E-state index is -1.08. The van der Waals surface area contributed by atoms with Gasteiger partial charge in [0, 0.05) is 22.6 Å². The summed E-state index contributed by atoms with van der Waals surface area (Å²) < 4.78 is 19.0. The number of halogens is 1. The number of aliphatic hydroxyl groups is 3. The van der Waals surface area contributed by atoms with Crippen LogP contribution in [0.15, 0.2) is 54.6 Å². The number of benzene rings is 2. The van der Waals surface area contributed by atoms with Gasteiger partial charge in [-0.15, -0.1) is 11.3 Å². The summed E-state index contributed by atoms with van der Waals surface area (Å²) in [6.45, 7) is 1.72. The van der Waals surface area contributed by atoms with E-state index in [4.69, 9.17) is 4.74 Å². The Morgan fingerprint density at radius 1 is 1.07 bits per heavy atom. The van der Waals surface area contributed by atoms with Gasteiger partial charge in [0.25, 0.3) is 0 Å². The molecule has 2 heterocycles. The quantitative estimate of drug-likeness (QED) is 0.575. The van der Waals surface area contributed by atoms with E-state index in [9.17, 15) is 19.7 Å². The molecule has 0 bridgehead atoms. The molecule has 158 valence electrons. The number of thiophene rings is 1. The molecule has 0 saturated carbocycles. The molecule has 4 nitrogen and oxygen atoms in total. The molecule has 1 saturated heterocycles. The van der Waals surface area contributed by atoms with E-state index in [0.29, 0.717) is 0 Å². The third-order valence-electron chi connectivity index (χ3n) is 5.65. The average Bonchev–Trinajstić information content (AvgIpc) is 3.20. The predicted octanol–water partition coefficient (Wildman–Crippen LogP) is 4.00. The zero-order valence-electron chi connectivity index (χ0n) is 16.7. The van der Waals surface area contributed by atoms with Gasteiger partial charge in [-0.05, 0) is 53.4 Å². The van der Waals surface area contributed by atoms with E-state index in [1.165, 1.54) is 17.0 Å². The van der Waals surface area contributed by atoms with Crippen molar-refractivity contribution in [2.75, 3.05) is 6.61 Å². The van der Waals surface area contributed by atoms with Gasteiger partial charge in [0.1, 0.15) is 18.0 Å². The summed E-state index contributed by atoms with van der Waals surface area (Å²) in [4.78, 5) is 2.29. The molecule has 30 heavy (non-hydrogen) atoms. The Bertz CT molecular complexity index is 1000. The maximum atomic E-state index is 13.2. The third-order valence-corrected chi connectivity index (χ3v) is 6.78. The van der Waals surface area contributed by atoms with Gasteiger partial charge in [0.15, 0.2) is 0 Å². The van der Waals surface area contributed by atoms with E-state index in [0.717, 1.165) is 33.6 Å². The highest BCUT2D eigenvalue weighted by Crippen LogP contribution is 2.34. The molecule has 1 aromatic heterocycles. The summed E-state index contributed by atoms with van der Waals surface area (Å²) in [5.74, 6) is -0.242. The fraction of sp³-hybridized carbons (Fsp3) is 0.333. The molecule has 0 amide bonds. The van der Waals surface area contributed by atoms with Crippen molar-refractivity contribution in [3.8, 4) is 10.4 Å². The van der Waals surface area contributed by atoms with Crippen molar-refractivity contribution < 1.29 is 24.4 Å². The van der Waals surface area contributed by atoms with Crippen molar-refractivity contribution >= 4 is 11.3 Å². The molecule has 0 radical (unpaired) electrons. The van der Waals surface area contributed by atoms with Crippen LogP contribution in [0.4, 0.5) is 4.39 Å². The fourth-order valence-electron chi connectivity index (χ4n) is 3.83. The Hall–Kier alpha value is -2.09. The Kier molecular flexibility index (Phi) is 6.32. The van der Waals surface area contributed by atoms with Gasteiger partial charge in [-0.3, -0.25) is 0 Å². The number of aryl methyl sites for hydroxylation is 1. The number of hydrogen-bond donors (Lipinski definition) is 3. The van der Waals surface area contributed by atoms with Crippen LogP contribution in [-0.2, 0) is 11.2 Å². The van der Waals surface area contributed by atoms with E-state index < -0.39 is 18.3 Å². The summed E-state index contributed by atoms with van der Waals surface area (Å²) in [6.07, 6.45) is -2.13. The Morgan fingerprint density at radius 3 is 2.57 bits per heavy atom. The number of aliphatic hydroxyl groups excluding tert-OH is 3. The van der Waals surface area contributed by atoms with Crippen molar-refractivity contribution in [3.63, 3.8) is 0 Å². The molecule has 3 N–H and O–H groups in total. The van der Waals surface area contributed by atoms with Crippen LogP contribution >= 0.6 is 11.3 Å². The minimum absolute atomic E-state index is 0.242. The van der Waals surface area contributed by atoms with E-state index in [1.807, 2.05) is 12.1 Å². The van der Waals surface area contributed by atoms with Crippen LogP contribution in [0.3, 0.4) is 0 Å². The van der Waals surface area contributed by atoms with E-state index in [1.54, 1.807) is 23.5 Å². The Labute approximate surface area is 179 Å². The largest absolute Gasteiger partial charge is 0.394 e. The highest BCUT2D eigenvalue weighted by atomic mass is 32.1. The van der Waals surface area contributed by atoms with E-state index in [2.05, 4.69) is 25.1 Å². The van der Waals surface area contributed by atoms with Gasteiger partial charge < -0.3 is 20.1 Å². The van der Waals surface area contributed by atoms with Crippen LogP contribution in [0.5, 0.6) is 0 Å². The molecule has 0 spiro atoms. The van der Waals surface area contributed by atoms with Gasteiger partial charge in [-0.25, -0.2) is 4.39 Å². The van der Waals surface area contributed by atoms with Gasteiger partial charge in [-0.1, -0.05) is 30.3 Å². The van der Waals surface area contributed by atoms with Crippen LogP contribution in [0.2, 0.25) is 0 Å². The summed E-state index contributed by atoms with van der Waals surface area (Å²) in [7, 11) is 0. The molecule has 3 aromatic rings. The first-order valence-corrected chi connectivity index (χ1v) is 10.8. The first kappa shape index (κ1) is 21.2. The van der Waals surface area contributed by atoms with Crippen molar-refractivity contribution in [1.29, 1.82) is 0 Å². The maximum absolute atomic E-state index is 13.2. The van der Waals surface area contributed by atoms with Crippen LogP contribution in [0.25, 0.3) is 10.4 Å². The monoisotopic (exact) mass is 428 g/mol. The molecule has 1 aliphatic heterocycles. The van der Waals surface area contributed by atoms with Gasteiger partial charge in [0.2, 0.25) is 0 Å². The molecule has 2 aromatic carbocycles. The standard InChI is InChI=1S/C24H25FO4S/c1-14-2-3-16(21-12-20(27)24(28)22(13-26)29-21)10-17(14)11-19-8-9-23(30-19)15-4-6-18(25)7-5-15/h2-10,20-22,24,26-28H,11-13H2,1H3/t20?,21-,22-,24+/m1/s1. The maximum Gasteiger partial charge on any atom is 0.123 e. The lowest BCUT2D eigenvalue weighted by Gasteiger charge is -2.36. The van der Waals surface area contributed by atoms with Crippen molar-refractivity contribution in [2.45, 2.75) is 44.2 Å². The van der Waals surface area contributed by atoms with Crippen LogP contribution in [-0.4, -0.2) is 40.2 Å². The zero-order valence-corrected chi connectivity index (χ0v) is 17.5. The van der Waals surface area contributed by atoms with Crippen molar-refractivity contribution in [1.82, 2.24) is 0 Å². The van der Waals surface area contributed by atoms with Crippen LogP contribution in [0, 0.1) is 12.7 Å². The Morgan fingerprint density at radius 2 is 1.83 bits per heavy atom. The molecule has 1 aliphatic rings. The first-order chi connectivity index (χ1) is 14.4. The molecule has 1 unspecified atom stereocenters. The lowest BCUT2D eigenvalue weighted by Crippen LogP contribution is -2.47. The lowest BCUT2D eigenvalue weighted by atomic mass is 9.92. The second kappa shape index (κ2) is 8.96. The van der Waals surface area contributed by atoms with E-state index in [-0.39, 0.29) is 24.9 Å². The summed E-state index contributed by atoms with van der Waals surface area (Å²) >= 11 is 1.68. The normalized spacial score (nSPS) is 24.2. The van der Waals surface area contributed by atoms with Gasteiger partial charge in [0.05, 0.1) is 18.8 Å². The number of rotatable bonds is 5. The lowest BCUT2D eigenvalue weighted by molar-refractivity contribution is -0.181. The molecular weight excluding hydrogens is 403 g/mol. The highest BCUT2D eigenvalue weighted by Gasteiger charge is 2.36. The van der Waals surface area contributed by atoms with Crippen LogP contribution < -0.4 is 0 Å². The molecular formula is C24H25FO4S. The molecule has 4 rings (SSSR count). The third kappa shape index (κ3) is 4.48. The second-order valence-electron chi connectivity index (χ2n) is 7.77. The van der Waals surface area contributed by atoms with Gasteiger partial charge in [-0.2, -0.15) is 0 Å². The summed E-state index contributed by atoms with van der Waals surface area (Å²) in [6, 6.07) is 16.7. The van der Waals surface area contributed by atoms with E-state index >= 15 is 0 Å². The van der Waals surface area contributed by atoms with Gasteiger partial charge >= 0.3 is 0 Å².